The van der Waals surface area contributed by atoms with E-state index in [-0.39, 0.29) is 5.97 Å². The van der Waals surface area contributed by atoms with Gasteiger partial charge in [0.25, 0.3) is 0 Å². The minimum absolute atomic E-state index is 0.310. The molecule has 102 valence electrons. The van der Waals surface area contributed by atoms with E-state index in [4.69, 9.17) is 4.74 Å². The molecule has 2 aromatic rings. The Bertz CT molecular complexity index is 638. The maximum absolute atomic E-state index is 12.2. The van der Waals surface area contributed by atoms with Crippen molar-refractivity contribution in [3.8, 4) is 11.3 Å². The van der Waals surface area contributed by atoms with Gasteiger partial charge >= 0.3 is 5.97 Å². The highest BCUT2D eigenvalue weighted by molar-refractivity contribution is 5.98. The Hall–Kier alpha value is -2.20. The van der Waals surface area contributed by atoms with Crippen LogP contribution in [0.1, 0.15) is 21.5 Å². The van der Waals surface area contributed by atoms with E-state index < -0.39 is 0 Å². The molecule has 1 aromatic heterocycles. The van der Waals surface area contributed by atoms with Crippen LogP contribution in [0.25, 0.3) is 11.3 Å². The number of aromatic nitrogens is 1. The molecular formula is C16H16N2O2. The third-order valence-electron chi connectivity index (χ3n) is 3.58. The smallest absolute Gasteiger partial charge is 0.340 e. The molecule has 0 spiro atoms. The Balaban J connectivity index is 2.22. The van der Waals surface area contributed by atoms with Gasteiger partial charge in [0.1, 0.15) is 0 Å². The van der Waals surface area contributed by atoms with Crippen molar-refractivity contribution in [2.24, 2.45) is 0 Å². The Morgan fingerprint density at radius 3 is 2.85 bits per heavy atom. The van der Waals surface area contributed by atoms with Crippen LogP contribution in [-0.4, -0.2) is 24.6 Å². The van der Waals surface area contributed by atoms with E-state index in [1.165, 1.54) is 7.11 Å². The van der Waals surface area contributed by atoms with E-state index in [9.17, 15) is 4.79 Å². The van der Waals surface area contributed by atoms with Crippen LogP contribution in [0.5, 0.6) is 0 Å². The van der Waals surface area contributed by atoms with Crippen molar-refractivity contribution >= 4 is 5.97 Å². The molecule has 1 aromatic carbocycles. The summed E-state index contributed by atoms with van der Waals surface area (Å²) in [6, 6.07) is 9.76. The van der Waals surface area contributed by atoms with E-state index in [0.29, 0.717) is 11.3 Å². The van der Waals surface area contributed by atoms with E-state index in [1.54, 1.807) is 0 Å². The first-order valence-corrected chi connectivity index (χ1v) is 6.66. The zero-order valence-electron chi connectivity index (χ0n) is 11.3. The summed E-state index contributed by atoms with van der Waals surface area (Å²) in [5.41, 5.74) is 4.39. The molecule has 0 radical (unpaired) electrons. The molecule has 0 bridgehead atoms. The van der Waals surface area contributed by atoms with Gasteiger partial charge < -0.3 is 10.1 Å². The highest BCUT2D eigenvalue weighted by Gasteiger charge is 2.23. The number of nitrogens with zero attached hydrogens (tertiary/aromatic N) is 1. The van der Waals surface area contributed by atoms with Crippen molar-refractivity contribution in [2.45, 2.75) is 13.0 Å². The highest BCUT2D eigenvalue weighted by Crippen LogP contribution is 2.28. The number of methoxy groups -OCH3 is 1. The van der Waals surface area contributed by atoms with Gasteiger partial charge in [0.2, 0.25) is 0 Å². The van der Waals surface area contributed by atoms with Crippen LogP contribution in [-0.2, 0) is 17.7 Å². The standard InChI is InChI=1S/C16H16N2O2/c1-20-16(19)14-13-7-8-17-9-12(13)10-18-15(14)11-5-3-2-4-6-11/h2-6,10,17H,7-9H2,1H3. The summed E-state index contributed by atoms with van der Waals surface area (Å²) in [6.07, 6.45) is 2.68. The van der Waals surface area contributed by atoms with Gasteiger partial charge in [-0.25, -0.2) is 4.79 Å². The number of hydrogen-bond donors (Lipinski definition) is 1. The first kappa shape index (κ1) is 12.8. The zero-order valence-corrected chi connectivity index (χ0v) is 11.3. The third-order valence-corrected chi connectivity index (χ3v) is 3.58. The van der Waals surface area contributed by atoms with Crippen LogP contribution >= 0.6 is 0 Å². The molecule has 0 amide bonds. The second-order valence-electron chi connectivity index (χ2n) is 4.77. The molecule has 1 aliphatic rings. The van der Waals surface area contributed by atoms with E-state index in [1.807, 2.05) is 36.5 Å². The van der Waals surface area contributed by atoms with E-state index in [0.717, 1.165) is 36.2 Å². The van der Waals surface area contributed by atoms with Crippen LogP contribution in [0, 0.1) is 0 Å². The van der Waals surface area contributed by atoms with Crippen LogP contribution in [0.3, 0.4) is 0 Å². The van der Waals surface area contributed by atoms with Crippen LogP contribution < -0.4 is 5.32 Å². The Kier molecular flexibility index (Phi) is 3.48. The van der Waals surface area contributed by atoms with Crippen molar-refractivity contribution in [2.75, 3.05) is 13.7 Å². The van der Waals surface area contributed by atoms with Crippen LogP contribution in [0.15, 0.2) is 36.5 Å². The van der Waals surface area contributed by atoms with Crippen molar-refractivity contribution in [1.29, 1.82) is 0 Å². The lowest BCUT2D eigenvalue weighted by molar-refractivity contribution is 0.0599. The molecule has 4 heteroatoms. The molecule has 2 heterocycles. The molecule has 4 nitrogen and oxygen atoms in total. The van der Waals surface area contributed by atoms with Gasteiger partial charge in [-0.1, -0.05) is 30.3 Å². The van der Waals surface area contributed by atoms with Crippen LogP contribution in [0.2, 0.25) is 0 Å². The number of rotatable bonds is 2. The van der Waals surface area contributed by atoms with Crippen molar-refractivity contribution in [3.05, 3.63) is 53.2 Å². The van der Waals surface area contributed by atoms with Gasteiger partial charge in [0, 0.05) is 18.3 Å². The van der Waals surface area contributed by atoms with E-state index in [2.05, 4.69) is 10.3 Å². The number of pyridine rings is 1. The second-order valence-corrected chi connectivity index (χ2v) is 4.77. The number of carbonyl (C=O) groups is 1. The van der Waals surface area contributed by atoms with Crippen molar-refractivity contribution < 1.29 is 9.53 Å². The average molecular weight is 268 g/mol. The fourth-order valence-corrected chi connectivity index (χ4v) is 2.60. The predicted molar refractivity (Wildman–Crippen MR) is 76.4 cm³/mol. The Morgan fingerprint density at radius 1 is 1.30 bits per heavy atom. The number of ether oxygens (including phenoxy) is 1. The molecule has 3 rings (SSSR count). The number of fused-ring (bicyclic) bond motifs is 1. The maximum Gasteiger partial charge on any atom is 0.340 e. The summed E-state index contributed by atoms with van der Waals surface area (Å²) in [7, 11) is 1.41. The average Bonchev–Trinajstić information content (AvgIpc) is 2.54. The summed E-state index contributed by atoms with van der Waals surface area (Å²) >= 11 is 0. The SMILES string of the molecule is COC(=O)c1c(-c2ccccc2)ncc2c1CCNC2. The topological polar surface area (TPSA) is 51.2 Å². The summed E-state index contributed by atoms with van der Waals surface area (Å²) in [5.74, 6) is -0.310. The Morgan fingerprint density at radius 2 is 2.10 bits per heavy atom. The fourth-order valence-electron chi connectivity index (χ4n) is 2.60. The van der Waals surface area contributed by atoms with Gasteiger partial charge in [0.05, 0.1) is 18.4 Å². The lowest BCUT2D eigenvalue weighted by Crippen LogP contribution is -2.26. The number of esters is 1. The third kappa shape index (κ3) is 2.18. The Labute approximate surface area is 117 Å². The molecular weight excluding hydrogens is 252 g/mol. The van der Waals surface area contributed by atoms with Gasteiger partial charge in [-0.2, -0.15) is 0 Å². The second kappa shape index (κ2) is 5.43. The van der Waals surface area contributed by atoms with Crippen molar-refractivity contribution in [3.63, 3.8) is 0 Å². The van der Waals surface area contributed by atoms with Gasteiger partial charge in [0.15, 0.2) is 0 Å². The molecule has 0 unspecified atom stereocenters. The molecule has 0 atom stereocenters. The minimum Gasteiger partial charge on any atom is -0.465 e. The molecule has 0 fully saturated rings. The summed E-state index contributed by atoms with van der Waals surface area (Å²) in [4.78, 5) is 16.7. The monoisotopic (exact) mass is 268 g/mol. The number of carbonyl (C=O) groups excluding carboxylic acids is 1. The maximum atomic E-state index is 12.2. The summed E-state index contributed by atoms with van der Waals surface area (Å²) in [6.45, 7) is 1.62. The number of benzene rings is 1. The minimum atomic E-state index is -0.310. The first-order chi connectivity index (χ1) is 9.81. The van der Waals surface area contributed by atoms with Crippen molar-refractivity contribution in [1.82, 2.24) is 10.3 Å². The lowest BCUT2D eigenvalue weighted by atomic mass is 9.93. The molecule has 1 aliphatic heterocycles. The van der Waals surface area contributed by atoms with E-state index >= 15 is 0 Å². The molecule has 0 saturated heterocycles. The summed E-state index contributed by atoms with van der Waals surface area (Å²) in [5, 5.41) is 3.29. The fraction of sp³-hybridized carbons (Fsp3) is 0.250. The van der Waals surface area contributed by atoms with Gasteiger partial charge in [-0.15, -0.1) is 0 Å². The normalized spacial score (nSPS) is 13.7. The molecule has 1 N–H and O–H groups in total. The van der Waals surface area contributed by atoms with Gasteiger partial charge in [-0.3, -0.25) is 4.98 Å². The number of hydrogen-bond acceptors (Lipinski definition) is 4. The predicted octanol–water partition coefficient (Wildman–Crippen LogP) is 2.18. The molecule has 20 heavy (non-hydrogen) atoms. The van der Waals surface area contributed by atoms with Crippen LogP contribution in [0.4, 0.5) is 0 Å². The highest BCUT2D eigenvalue weighted by atomic mass is 16.5. The summed E-state index contributed by atoms with van der Waals surface area (Å²) < 4.78 is 4.97. The zero-order chi connectivity index (χ0) is 13.9. The molecule has 0 aliphatic carbocycles. The quantitative estimate of drug-likeness (QED) is 0.848. The number of nitrogens with one attached hydrogen (secondary N) is 1. The first-order valence-electron chi connectivity index (χ1n) is 6.66. The lowest BCUT2D eigenvalue weighted by Gasteiger charge is -2.21. The largest absolute Gasteiger partial charge is 0.465 e. The van der Waals surface area contributed by atoms with Gasteiger partial charge in [-0.05, 0) is 24.1 Å². The molecule has 0 saturated carbocycles.